The predicted molar refractivity (Wildman–Crippen MR) is 104 cm³/mol. The largest absolute Gasteiger partial charge is 0.393 e. The topological polar surface area (TPSA) is 99.7 Å². The average molecular weight is 350 g/mol. The van der Waals surface area contributed by atoms with Gasteiger partial charge in [-0.3, -0.25) is 4.98 Å². The normalized spacial score (nSPS) is 11.8. The predicted octanol–water partition coefficient (Wildman–Crippen LogP) is 4.08. The summed E-state index contributed by atoms with van der Waals surface area (Å²) in [7, 11) is 1.81. The number of hydrogen-bond acceptors (Lipinski definition) is 7. The number of fused-ring (bicyclic) bond motifs is 1. The van der Waals surface area contributed by atoms with Gasteiger partial charge in [-0.1, -0.05) is 19.0 Å². The molecule has 26 heavy (non-hydrogen) atoms. The molecule has 3 N–H and O–H groups in total. The molecule has 0 unspecified atom stereocenters. The highest BCUT2D eigenvalue weighted by molar-refractivity contribution is 6.21. The van der Waals surface area contributed by atoms with Crippen molar-refractivity contribution < 1.29 is 4.52 Å². The molecule has 0 atom stereocenters. The molecule has 3 heterocycles. The van der Waals surface area contributed by atoms with Crippen molar-refractivity contribution in [3.05, 3.63) is 47.9 Å². The molecular weight excluding hydrogens is 328 g/mol. The van der Waals surface area contributed by atoms with E-state index in [0.717, 1.165) is 27.9 Å². The summed E-state index contributed by atoms with van der Waals surface area (Å²) >= 11 is 0. The quantitative estimate of drug-likeness (QED) is 0.579. The van der Waals surface area contributed by atoms with Gasteiger partial charge in [0.2, 0.25) is 5.88 Å². The Balaban J connectivity index is 1.93. The average Bonchev–Trinajstić information content (AvgIpc) is 3.07. The fourth-order valence-corrected chi connectivity index (χ4v) is 2.52. The Morgan fingerprint density at radius 3 is 2.69 bits per heavy atom. The van der Waals surface area contributed by atoms with E-state index in [0.29, 0.717) is 23.3 Å². The fourth-order valence-electron chi connectivity index (χ4n) is 2.52. The van der Waals surface area contributed by atoms with Crippen LogP contribution in [-0.4, -0.2) is 27.9 Å². The summed E-state index contributed by atoms with van der Waals surface area (Å²) in [5.41, 5.74) is 4.48. The maximum Gasteiger partial charge on any atom is 0.230 e. The maximum atomic E-state index is 7.94. The van der Waals surface area contributed by atoms with Gasteiger partial charge in [0.15, 0.2) is 0 Å². The number of anilines is 2. The van der Waals surface area contributed by atoms with Gasteiger partial charge in [0, 0.05) is 42.4 Å². The first kappa shape index (κ1) is 17.6. The van der Waals surface area contributed by atoms with Gasteiger partial charge >= 0.3 is 0 Å². The fraction of sp³-hybridized carbons (Fsp3) is 0.263. The number of allylic oxidation sites excluding steroid dienone is 1. The van der Waals surface area contributed by atoms with Crippen LogP contribution in [0, 0.1) is 5.41 Å². The van der Waals surface area contributed by atoms with Crippen molar-refractivity contribution in [3.63, 3.8) is 0 Å². The molecule has 3 aromatic heterocycles. The van der Waals surface area contributed by atoms with Crippen molar-refractivity contribution in [1.82, 2.24) is 20.4 Å². The van der Waals surface area contributed by atoms with Crippen LogP contribution in [0.4, 0.5) is 11.7 Å². The van der Waals surface area contributed by atoms with Crippen molar-refractivity contribution >= 4 is 34.0 Å². The zero-order valence-electron chi connectivity index (χ0n) is 15.3. The summed E-state index contributed by atoms with van der Waals surface area (Å²) in [5, 5.41) is 18.1. The maximum absolute atomic E-state index is 7.94. The highest BCUT2D eigenvalue weighted by Crippen LogP contribution is 2.23. The Morgan fingerprint density at radius 1 is 1.23 bits per heavy atom. The van der Waals surface area contributed by atoms with Crippen LogP contribution < -0.4 is 10.6 Å². The third-order valence-corrected chi connectivity index (χ3v) is 3.91. The molecule has 0 aliphatic carbocycles. The van der Waals surface area contributed by atoms with Crippen LogP contribution in [-0.2, 0) is 0 Å². The summed E-state index contributed by atoms with van der Waals surface area (Å²) in [4.78, 5) is 9.06. The van der Waals surface area contributed by atoms with Crippen LogP contribution >= 0.6 is 0 Å². The first-order valence-electron chi connectivity index (χ1n) is 8.41. The van der Waals surface area contributed by atoms with Crippen molar-refractivity contribution in [2.45, 2.75) is 26.7 Å². The van der Waals surface area contributed by atoms with Crippen molar-refractivity contribution in [1.29, 1.82) is 5.41 Å². The molecule has 0 bridgehead atoms. The van der Waals surface area contributed by atoms with Gasteiger partial charge < -0.3 is 20.6 Å². The third kappa shape index (κ3) is 3.72. The van der Waals surface area contributed by atoms with Crippen LogP contribution in [0.5, 0.6) is 0 Å². The second kappa shape index (κ2) is 7.35. The number of nitrogens with zero attached hydrogens (tertiary/aromatic N) is 3. The van der Waals surface area contributed by atoms with Crippen molar-refractivity contribution in [2.75, 3.05) is 12.4 Å². The SMILES string of the molecule is CN/C=C(\C(C)=N)c1cnc2ccc(Nc3cc(C(C)C)no3)nc2c1. The van der Waals surface area contributed by atoms with Gasteiger partial charge in [-0.05, 0) is 31.0 Å². The van der Waals surface area contributed by atoms with E-state index in [1.165, 1.54) is 0 Å². The number of pyridine rings is 2. The molecule has 7 heteroatoms. The molecule has 0 saturated heterocycles. The number of rotatable bonds is 6. The van der Waals surface area contributed by atoms with E-state index in [1.807, 2.05) is 24.3 Å². The Labute approximate surface area is 152 Å². The van der Waals surface area contributed by atoms with Crippen LogP contribution in [0.2, 0.25) is 0 Å². The molecule has 0 fully saturated rings. The standard InChI is InChI=1S/C19H22N6O/c1-11(2)16-8-19(26-25-16)24-18-6-5-15-17(23-18)7-13(9-22-15)14(10-21-4)12(3)20/h5-11,20-21H,1-4H3,(H,23,24)/b14-10+,20-12?. The molecule has 134 valence electrons. The minimum atomic E-state index is 0.298. The molecule has 3 aromatic rings. The lowest BCUT2D eigenvalue weighted by atomic mass is 10.0. The molecule has 0 radical (unpaired) electrons. The zero-order valence-corrected chi connectivity index (χ0v) is 15.3. The van der Waals surface area contributed by atoms with E-state index in [1.54, 1.807) is 26.4 Å². The highest BCUT2D eigenvalue weighted by atomic mass is 16.5. The third-order valence-electron chi connectivity index (χ3n) is 3.91. The molecular formula is C19H22N6O. The Bertz CT molecular complexity index is 973. The second-order valence-electron chi connectivity index (χ2n) is 6.33. The second-order valence-corrected chi connectivity index (χ2v) is 6.33. The Kier molecular flexibility index (Phi) is 4.97. The van der Waals surface area contributed by atoms with E-state index in [9.17, 15) is 0 Å². The Morgan fingerprint density at radius 2 is 2.04 bits per heavy atom. The molecule has 7 nitrogen and oxygen atoms in total. The van der Waals surface area contributed by atoms with E-state index < -0.39 is 0 Å². The summed E-state index contributed by atoms with van der Waals surface area (Å²) in [6.07, 6.45) is 3.54. The molecule has 0 saturated carbocycles. The summed E-state index contributed by atoms with van der Waals surface area (Å²) in [6.45, 7) is 5.87. The number of nitrogens with one attached hydrogen (secondary N) is 3. The summed E-state index contributed by atoms with van der Waals surface area (Å²) < 4.78 is 5.31. The van der Waals surface area contributed by atoms with Gasteiger partial charge in [-0.25, -0.2) is 4.98 Å². The lowest BCUT2D eigenvalue weighted by Crippen LogP contribution is -2.03. The molecule has 3 rings (SSSR count). The van der Waals surface area contributed by atoms with E-state index in [-0.39, 0.29) is 0 Å². The van der Waals surface area contributed by atoms with Gasteiger partial charge in [-0.15, -0.1) is 0 Å². The number of hydrogen-bond donors (Lipinski definition) is 3. The molecule has 0 aliphatic heterocycles. The van der Waals surface area contributed by atoms with Gasteiger partial charge in [0.1, 0.15) is 5.82 Å². The lowest BCUT2D eigenvalue weighted by molar-refractivity contribution is 0.422. The van der Waals surface area contributed by atoms with Crippen LogP contribution in [0.3, 0.4) is 0 Å². The smallest absolute Gasteiger partial charge is 0.230 e. The highest BCUT2D eigenvalue weighted by Gasteiger charge is 2.10. The summed E-state index contributed by atoms with van der Waals surface area (Å²) in [6, 6.07) is 7.54. The molecule has 0 aliphatic rings. The monoisotopic (exact) mass is 350 g/mol. The number of aromatic nitrogens is 3. The first-order valence-corrected chi connectivity index (χ1v) is 8.41. The zero-order chi connectivity index (χ0) is 18.7. The van der Waals surface area contributed by atoms with Crippen LogP contribution in [0.15, 0.2) is 41.2 Å². The first-order chi connectivity index (χ1) is 12.5. The van der Waals surface area contributed by atoms with E-state index >= 15 is 0 Å². The molecule has 0 spiro atoms. The lowest BCUT2D eigenvalue weighted by Gasteiger charge is -2.08. The molecule has 0 amide bonds. The van der Waals surface area contributed by atoms with Crippen molar-refractivity contribution in [3.8, 4) is 0 Å². The van der Waals surface area contributed by atoms with E-state index in [2.05, 4.69) is 39.6 Å². The van der Waals surface area contributed by atoms with E-state index in [4.69, 9.17) is 9.93 Å². The Hall–Kier alpha value is -3.22. The van der Waals surface area contributed by atoms with Crippen LogP contribution in [0.25, 0.3) is 16.6 Å². The van der Waals surface area contributed by atoms with Crippen molar-refractivity contribution in [2.24, 2.45) is 0 Å². The molecule has 0 aromatic carbocycles. The minimum absolute atomic E-state index is 0.298. The minimum Gasteiger partial charge on any atom is -0.393 e. The van der Waals surface area contributed by atoms with Crippen LogP contribution in [0.1, 0.15) is 37.9 Å². The van der Waals surface area contributed by atoms with Gasteiger partial charge in [-0.2, -0.15) is 0 Å². The van der Waals surface area contributed by atoms with Gasteiger partial charge in [0.25, 0.3) is 0 Å². The summed E-state index contributed by atoms with van der Waals surface area (Å²) in [5.74, 6) is 1.50. The van der Waals surface area contributed by atoms with Gasteiger partial charge in [0.05, 0.1) is 16.7 Å².